The molecule has 1 aromatic carbocycles. The van der Waals surface area contributed by atoms with Crippen LogP contribution in [0.5, 0.6) is 0 Å². The zero-order valence-electron chi connectivity index (χ0n) is 11.8. The maximum Gasteiger partial charge on any atom is 0.239 e. The Balaban J connectivity index is 1.98. The molecule has 1 atom stereocenters. The van der Waals surface area contributed by atoms with E-state index in [0.717, 1.165) is 17.7 Å². The molecular formula is C14H18N4OS. The average Bonchev–Trinajstić information content (AvgIpc) is 2.79. The summed E-state index contributed by atoms with van der Waals surface area (Å²) in [5.41, 5.74) is 2.11. The number of benzene rings is 1. The highest BCUT2D eigenvalue weighted by atomic mass is 32.2. The van der Waals surface area contributed by atoms with Crippen molar-refractivity contribution in [1.29, 1.82) is 0 Å². The summed E-state index contributed by atoms with van der Waals surface area (Å²) in [7, 11) is 4.00. The number of nitrogens with one attached hydrogen (secondary N) is 1. The highest BCUT2D eigenvalue weighted by Crippen LogP contribution is 2.21. The normalized spacial score (nSPS) is 20.6. The maximum atomic E-state index is 11.5. The second-order valence-corrected chi connectivity index (χ2v) is 5.83. The SMILES string of the molecule is CCC1S/C(=N/N=C\c2ccc(N(C)C)cc2)NC1=O. The number of amides is 1. The molecule has 1 heterocycles. The van der Waals surface area contributed by atoms with Crippen LogP contribution in [0.3, 0.4) is 0 Å². The summed E-state index contributed by atoms with van der Waals surface area (Å²) in [5.74, 6) is 0.0155. The Bertz CT molecular complexity index is 537. The first-order valence-corrected chi connectivity index (χ1v) is 7.34. The predicted octanol–water partition coefficient (Wildman–Crippen LogP) is 2.08. The van der Waals surface area contributed by atoms with Crippen LogP contribution in [0.15, 0.2) is 34.5 Å². The lowest BCUT2D eigenvalue weighted by molar-refractivity contribution is -0.118. The molecule has 106 valence electrons. The molecule has 1 aromatic rings. The molecule has 1 N–H and O–H groups in total. The molecular weight excluding hydrogens is 272 g/mol. The Morgan fingerprint density at radius 1 is 1.35 bits per heavy atom. The predicted molar refractivity (Wildman–Crippen MR) is 85.6 cm³/mol. The fourth-order valence-electron chi connectivity index (χ4n) is 1.73. The van der Waals surface area contributed by atoms with E-state index in [0.29, 0.717) is 5.17 Å². The van der Waals surface area contributed by atoms with E-state index in [1.165, 1.54) is 11.8 Å². The molecule has 1 unspecified atom stereocenters. The van der Waals surface area contributed by atoms with Crippen molar-refractivity contribution in [2.24, 2.45) is 10.2 Å². The van der Waals surface area contributed by atoms with Crippen molar-refractivity contribution in [2.45, 2.75) is 18.6 Å². The van der Waals surface area contributed by atoms with Gasteiger partial charge in [-0.25, -0.2) is 0 Å². The second-order valence-electron chi connectivity index (χ2n) is 4.64. The van der Waals surface area contributed by atoms with Gasteiger partial charge in [-0.2, -0.15) is 5.10 Å². The molecule has 0 spiro atoms. The van der Waals surface area contributed by atoms with Crippen LogP contribution in [-0.2, 0) is 4.79 Å². The van der Waals surface area contributed by atoms with Gasteiger partial charge in [0.2, 0.25) is 5.91 Å². The van der Waals surface area contributed by atoms with Gasteiger partial charge >= 0.3 is 0 Å². The molecule has 1 amide bonds. The summed E-state index contributed by atoms with van der Waals surface area (Å²) < 4.78 is 0. The highest BCUT2D eigenvalue weighted by Gasteiger charge is 2.28. The van der Waals surface area contributed by atoms with Crippen molar-refractivity contribution >= 4 is 34.7 Å². The molecule has 0 aliphatic carbocycles. The van der Waals surface area contributed by atoms with Gasteiger partial charge in [-0.3, -0.25) is 4.79 Å². The van der Waals surface area contributed by atoms with Crippen molar-refractivity contribution in [3.8, 4) is 0 Å². The van der Waals surface area contributed by atoms with Gasteiger partial charge < -0.3 is 10.2 Å². The van der Waals surface area contributed by atoms with Crippen LogP contribution in [0.4, 0.5) is 5.69 Å². The van der Waals surface area contributed by atoms with Crippen LogP contribution in [0, 0.1) is 0 Å². The highest BCUT2D eigenvalue weighted by molar-refractivity contribution is 8.15. The van der Waals surface area contributed by atoms with E-state index in [4.69, 9.17) is 0 Å². The van der Waals surface area contributed by atoms with Gasteiger partial charge in [0, 0.05) is 19.8 Å². The summed E-state index contributed by atoms with van der Waals surface area (Å²) in [4.78, 5) is 13.5. The molecule has 0 saturated carbocycles. The summed E-state index contributed by atoms with van der Waals surface area (Å²) in [5, 5.41) is 11.3. The first kappa shape index (κ1) is 14.6. The van der Waals surface area contributed by atoms with Crippen LogP contribution in [0.2, 0.25) is 0 Å². The third-order valence-electron chi connectivity index (χ3n) is 2.91. The lowest BCUT2D eigenvalue weighted by atomic mass is 10.2. The number of hydrogen-bond acceptors (Lipinski definition) is 5. The van der Waals surface area contributed by atoms with Gasteiger partial charge in [0.25, 0.3) is 0 Å². The Hall–Kier alpha value is -1.82. The van der Waals surface area contributed by atoms with Crippen molar-refractivity contribution in [3.05, 3.63) is 29.8 Å². The number of nitrogens with zero attached hydrogens (tertiary/aromatic N) is 3. The Labute approximate surface area is 123 Å². The first-order chi connectivity index (χ1) is 9.60. The minimum atomic E-state index is -0.0386. The van der Waals surface area contributed by atoms with Gasteiger partial charge in [-0.1, -0.05) is 30.8 Å². The largest absolute Gasteiger partial charge is 0.378 e. The summed E-state index contributed by atoms with van der Waals surface area (Å²) >= 11 is 1.43. The zero-order chi connectivity index (χ0) is 14.5. The number of carbonyl (C=O) groups is 1. The minimum Gasteiger partial charge on any atom is -0.378 e. The van der Waals surface area contributed by atoms with Gasteiger partial charge in [-0.15, -0.1) is 5.10 Å². The summed E-state index contributed by atoms with van der Waals surface area (Å²) in [6, 6.07) is 8.00. The molecule has 5 nitrogen and oxygen atoms in total. The third kappa shape index (κ3) is 3.60. The number of carbonyl (C=O) groups excluding carboxylic acids is 1. The molecule has 0 bridgehead atoms. The van der Waals surface area contributed by atoms with E-state index in [9.17, 15) is 4.79 Å². The van der Waals surface area contributed by atoms with E-state index in [1.54, 1.807) is 6.21 Å². The molecule has 0 radical (unpaired) electrons. The summed E-state index contributed by atoms with van der Waals surface area (Å²) in [6.45, 7) is 1.98. The molecule has 1 aliphatic heterocycles. The Morgan fingerprint density at radius 2 is 2.05 bits per heavy atom. The maximum absolute atomic E-state index is 11.5. The number of hydrogen-bond donors (Lipinski definition) is 1. The number of rotatable bonds is 4. The lowest BCUT2D eigenvalue weighted by Gasteiger charge is -2.11. The molecule has 2 rings (SSSR count). The van der Waals surface area contributed by atoms with Gasteiger partial charge in [0.05, 0.1) is 11.5 Å². The van der Waals surface area contributed by atoms with Gasteiger partial charge in [0.15, 0.2) is 5.17 Å². The molecule has 20 heavy (non-hydrogen) atoms. The van der Waals surface area contributed by atoms with Crippen LogP contribution < -0.4 is 10.2 Å². The first-order valence-electron chi connectivity index (χ1n) is 6.46. The van der Waals surface area contributed by atoms with E-state index < -0.39 is 0 Å². The van der Waals surface area contributed by atoms with Crippen LogP contribution >= 0.6 is 11.8 Å². The van der Waals surface area contributed by atoms with Crippen molar-refractivity contribution in [2.75, 3.05) is 19.0 Å². The van der Waals surface area contributed by atoms with Gasteiger partial charge in [0.1, 0.15) is 0 Å². The fraction of sp³-hybridized carbons (Fsp3) is 0.357. The lowest BCUT2D eigenvalue weighted by Crippen LogP contribution is -2.24. The standard InChI is InChI=1S/C14H18N4OS/c1-4-12-13(19)16-14(20-12)17-15-9-10-5-7-11(8-6-10)18(2)3/h5-9,12H,4H2,1-3H3,(H,16,17,19)/b15-9-. The van der Waals surface area contributed by atoms with Crippen molar-refractivity contribution in [1.82, 2.24) is 5.32 Å². The number of anilines is 1. The fourth-order valence-corrected chi connectivity index (χ4v) is 2.58. The smallest absolute Gasteiger partial charge is 0.239 e. The topological polar surface area (TPSA) is 57.1 Å². The van der Waals surface area contributed by atoms with Crippen molar-refractivity contribution in [3.63, 3.8) is 0 Å². The average molecular weight is 290 g/mol. The molecule has 6 heteroatoms. The van der Waals surface area contributed by atoms with Gasteiger partial charge in [-0.05, 0) is 24.1 Å². The Morgan fingerprint density at radius 3 is 2.60 bits per heavy atom. The van der Waals surface area contributed by atoms with E-state index in [2.05, 4.69) is 15.5 Å². The molecule has 1 saturated heterocycles. The minimum absolute atomic E-state index is 0.0155. The van der Waals surface area contributed by atoms with Crippen LogP contribution in [0.1, 0.15) is 18.9 Å². The number of thioether (sulfide) groups is 1. The van der Waals surface area contributed by atoms with Crippen LogP contribution in [0.25, 0.3) is 0 Å². The van der Waals surface area contributed by atoms with Crippen molar-refractivity contribution < 1.29 is 4.79 Å². The van der Waals surface area contributed by atoms with Crippen LogP contribution in [-0.4, -0.2) is 36.6 Å². The summed E-state index contributed by atoms with van der Waals surface area (Å²) in [6.07, 6.45) is 2.48. The number of amidine groups is 1. The van der Waals surface area contributed by atoms with E-state index in [-0.39, 0.29) is 11.2 Å². The third-order valence-corrected chi connectivity index (χ3v) is 4.15. The molecule has 1 aliphatic rings. The quantitative estimate of drug-likeness (QED) is 0.682. The zero-order valence-corrected chi connectivity index (χ0v) is 12.6. The molecule has 1 fully saturated rings. The second kappa shape index (κ2) is 6.56. The Kier molecular flexibility index (Phi) is 4.79. The van der Waals surface area contributed by atoms with E-state index in [1.807, 2.05) is 50.2 Å². The van der Waals surface area contributed by atoms with E-state index >= 15 is 0 Å². The molecule has 0 aromatic heterocycles. The monoisotopic (exact) mass is 290 g/mol.